The predicted octanol–water partition coefficient (Wildman–Crippen LogP) is 3.27. The number of nitrogens with zero attached hydrogens (tertiary/aromatic N) is 2. The first-order valence-corrected chi connectivity index (χ1v) is 8.78. The molecule has 1 aliphatic rings. The summed E-state index contributed by atoms with van der Waals surface area (Å²) in [6.07, 6.45) is 0.827. The van der Waals surface area contributed by atoms with Gasteiger partial charge in [-0.05, 0) is 29.3 Å². The molecule has 1 atom stereocenters. The number of nitrogens with one attached hydrogen (secondary N) is 1. The van der Waals surface area contributed by atoms with Crippen LogP contribution in [0, 0.1) is 16.7 Å². The van der Waals surface area contributed by atoms with Crippen molar-refractivity contribution < 1.29 is 9.90 Å². The average molecular weight is 353 g/mol. The minimum absolute atomic E-state index is 0.0641. The molecule has 1 aromatic heterocycles. The van der Waals surface area contributed by atoms with Gasteiger partial charge >= 0.3 is 0 Å². The van der Waals surface area contributed by atoms with Gasteiger partial charge in [-0.3, -0.25) is 10.2 Å². The van der Waals surface area contributed by atoms with E-state index in [1.54, 1.807) is 19.2 Å². The summed E-state index contributed by atoms with van der Waals surface area (Å²) in [6, 6.07) is 11.4. The minimum atomic E-state index is -0.444. The van der Waals surface area contributed by atoms with Crippen molar-refractivity contribution in [3.63, 3.8) is 0 Å². The zero-order valence-electron chi connectivity index (χ0n) is 14.2. The lowest BCUT2D eigenvalue weighted by atomic mass is 9.78. The number of aliphatic hydroxyl groups excluding tert-OH is 1. The normalized spacial score (nSPS) is 20.6. The average Bonchev–Trinajstić information content (AvgIpc) is 3.05. The van der Waals surface area contributed by atoms with Gasteiger partial charge in [0.1, 0.15) is 5.84 Å². The quantitative estimate of drug-likeness (QED) is 0.887. The highest BCUT2D eigenvalue weighted by Crippen LogP contribution is 2.43. The molecule has 1 aromatic carbocycles. The first-order chi connectivity index (χ1) is 11.9. The Labute approximate surface area is 150 Å². The van der Waals surface area contributed by atoms with Crippen LogP contribution in [-0.2, 0) is 16.8 Å². The highest BCUT2D eigenvalue weighted by Gasteiger charge is 2.39. The van der Waals surface area contributed by atoms with Crippen LogP contribution in [0.15, 0.2) is 30.3 Å². The number of piperidine rings is 1. The van der Waals surface area contributed by atoms with Crippen LogP contribution >= 0.6 is 11.3 Å². The van der Waals surface area contributed by atoms with E-state index in [2.05, 4.69) is 6.07 Å². The predicted molar refractivity (Wildman–Crippen MR) is 97.5 cm³/mol. The van der Waals surface area contributed by atoms with Gasteiger partial charge in [0.15, 0.2) is 0 Å². The van der Waals surface area contributed by atoms with Gasteiger partial charge in [0, 0.05) is 35.1 Å². The first-order valence-electron chi connectivity index (χ1n) is 7.96. The van der Waals surface area contributed by atoms with Crippen molar-refractivity contribution in [1.29, 1.82) is 10.7 Å². The van der Waals surface area contributed by atoms with Crippen LogP contribution < -0.4 is 0 Å². The Morgan fingerprint density at radius 2 is 2.16 bits per heavy atom. The molecule has 1 aliphatic heterocycles. The van der Waals surface area contributed by atoms with E-state index in [0.717, 1.165) is 20.9 Å². The molecule has 2 N–H and O–H groups in total. The van der Waals surface area contributed by atoms with E-state index in [1.807, 2.05) is 25.1 Å². The lowest BCUT2D eigenvalue weighted by molar-refractivity contribution is -0.128. The van der Waals surface area contributed by atoms with E-state index >= 15 is 0 Å². The van der Waals surface area contributed by atoms with Crippen molar-refractivity contribution in [3.05, 3.63) is 45.6 Å². The molecule has 2 heterocycles. The van der Waals surface area contributed by atoms with Gasteiger partial charge in [0.05, 0.1) is 18.2 Å². The molecule has 2 aromatic rings. The maximum absolute atomic E-state index is 12.2. The van der Waals surface area contributed by atoms with Gasteiger partial charge in [0.25, 0.3) is 0 Å². The summed E-state index contributed by atoms with van der Waals surface area (Å²) in [5.74, 6) is 0.247. The number of nitriles is 1. The number of rotatable bonds is 3. The second-order valence-electron chi connectivity index (χ2n) is 6.61. The van der Waals surface area contributed by atoms with Gasteiger partial charge in [0.2, 0.25) is 5.91 Å². The Balaban J connectivity index is 2.05. The summed E-state index contributed by atoms with van der Waals surface area (Å²) >= 11 is 1.48. The Kier molecular flexibility index (Phi) is 4.46. The van der Waals surface area contributed by atoms with E-state index in [-0.39, 0.29) is 12.5 Å². The molecule has 6 heteroatoms. The van der Waals surface area contributed by atoms with Crippen LogP contribution in [0.1, 0.15) is 35.1 Å². The maximum atomic E-state index is 12.2. The van der Waals surface area contributed by atoms with Gasteiger partial charge in [-0.2, -0.15) is 5.26 Å². The van der Waals surface area contributed by atoms with E-state index in [1.165, 1.54) is 16.2 Å². The Bertz CT molecular complexity index is 876. The zero-order valence-corrected chi connectivity index (χ0v) is 15.0. The van der Waals surface area contributed by atoms with E-state index in [0.29, 0.717) is 24.2 Å². The summed E-state index contributed by atoms with van der Waals surface area (Å²) in [5.41, 5.74) is 1.89. The monoisotopic (exact) mass is 353 g/mol. The number of likely N-dealkylation sites (tertiary alicyclic amines) is 1. The number of hydrogen-bond acceptors (Lipinski definition) is 5. The number of aliphatic hydroxyl groups is 1. The lowest BCUT2D eigenvalue weighted by Crippen LogP contribution is -2.46. The SMILES string of the molecule is CN1C(=N)C[C@](C)(c2cc(-c3cccc(C#N)c3)c(CO)s2)CC1=O. The van der Waals surface area contributed by atoms with Crippen LogP contribution in [0.3, 0.4) is 0 Å². The number of amidine groups is 1. The second-order valence-corrected chi connectivity index (χ2v) is 7.75. The molecule has 5 nitrogen and oxygen atoms in total. The fraction of sp³-hybridized carbons (Fsp3) is 0.316. The summed E-state index contributed by atoms with van der Waals surface area (Å²) in [4.78, 5) is 15.4. The number of carbonyl (C=O) groups excluding carboxylic acids is 1. The fourth-order valence-corrected chi connectivity index (χ4v) is 4.36. The van der Waals surface area contributed by atoms with Crippen LogP contribution in [-0.4, -0.2) is 28.8 Å². The molecule has 0 aliphatic carbocycles. The van der Waals surface area contributed by atoms with Crippen molar-refractivity contribution >= 4 is 23.1 Å². The molecular formula is C19H19N3O2S. The van der Waals surface area contributed by atoms with Crippen LogP contribution in [0.25, 0.3) is 11.1 Å². The molecular weight excluding hydrogens is 334 g/mol. The zero-order chi connectivity index (χ0) is 18.2. The molecule has 1 saturated heterocycles. The van der Waals surface area contributed by atoms with Crippen molar-refractivity contribution in [2.75, 3.05) is 7.05 Å². The fourth-order valence-electron chi connectivity index (χ4n) is 3.17. The topological polar surface area (TPSA) is 88.2 Å². The first kappa shape index (κ1) is 17.3. The Morgan fingerprint density at radius 3 is 2.80 bits per heavy atom. The molecule has 0 unspecified atom stereocenters. The molecule has 1 amide bonds. The number of benzene rings is 1. The number of hydrogen-bond donors (Lipinski definition) is 2. The largest absolute Gasteiger partial charge is 0.391 e. The summed E-state index contributed by atoms with van der Waals surface area (Å²) in [7, 11) is 1.64. The smallest absolute Gasteiger partial charge is 0.228 e. The standard InChI is InChI=1S/C19H19N3O2S/c1-19(8-17(21)22(2)18(24)9-19)16-7-14(15(11-23)25-16)13-5-3-4-12(6-13)10-20/h3-7,21,23H,8-9,11H2,1-2H3/t19-/m0/s1. The van der Waals surface area contributed by atoms with Crippen molar-refractivity contribution in [2.24, 2.45) is 0 Å². The van der Waals surface area contributed by atoms with E-state index in [4.69, 9.17) is 10.7 Å². The summed E-state index contributed by atoms with van der Waals surface area (Å²) < 4.78 is 0. The summed E-state index contributed by atoms with van der Waals surface area (Å²) in [5, 5.41) is 27.0. The third-order valence-corrected chi connectivity index (χ3v) is 6.15. The van der Waals surface area contributed by atoms with Gasteiger partial charge in [-0.15, -0.1) is 11.3 Å². The van der Waals surface area contributed by atoms with Crippen molar-refractivity contribution in [3.8, 4) is 17.2 Å². The molecule has 128 valence electrons. The highest BCUT2D eigenvalue weighted by atomic mass is 32.1. The van der Waals surface area contributed by atoms with Crippen molar-refractivity contribution in [2.45, 2.75) is 31.8 Å². The van der Waals surface area contributed by atoms with E-state index < -0.39 is 5.41 Å². The number of thiophene rings is 1. The van der Waals surface area contributed by atoms with Crippen LogP contribution in [0.5, 0.6) is 0 Å². The second kappa shape index (κ2) is 6.43. The molecule has 0 radical (unpaired) electrons. The Hall–Kier alpha value is -2.49. The third-order valence-electron chi connectivity index (χ3n) is 4.73. The van der Waals surface area contributed by atoms with Gasteiger partial charge in [-0.1, -0.05) is 19.1 Å². The number of amides is 1. The maximum Gasteiger partial charge on any atom is 0.228 e. The Morgan fingerprint density at radius 1 is 1.40 bits per heavy atom. The summed E-state index contributed by atoms with van der Waals surface area (Å²) in [6.45, 7) is 1.90. The molecule has 0 bridgehead atoms. The van der Waals surface area contributed by atoms with Crippen molar-refractivity contribution in [1.82, 2.24) is 4.90 Å². The van der Waals surface area contributed by atoms with Crippen LogP contribution in [0.4, 0.5) is 0 Å². The molecule has 0 spiro atoms. The van der Waals surface area contributed by atoms with Crippen LogP contribution in [0.2, 0.25) is 0 Å². The van der Waals surface area contributed by atoms with E-state index in [9.17, 15) is 9.90 Å². The lowest BCUT2D eigenvalue weighted by Gasteiger charge is -2.36. The minimum Gasteiger partial charge on any atom is -0.391 e. The number of carbonyl (C=O) groups is 1. The molecule has 25 heavy (non-hydrogen) atoms. The van der Waals surface area contributed by atoms with Gasteiger partial charge < -0.3 is 10.0 Å². The highest BCUT2D eigenvalue weighted by molar-refractivity contribution is 7.12. The third kappa shape index (κ3) is 3.09. The molecule has 1 fully saturated rings. The molecule has 3 rings (SSSR count). The van der Waals surface area contributed by atoms with Gasteiger partial charge in [-0.25, -0.2) is 0 Å². The molecule has 0 saturated carbocycles.